The Morgan fingerprint density at radius 3 is 2.82 bits per heavy atom. The molecule has 0 bridgehead atoms. The minimum Gasteiger partial charge on any atom is -0.459 e. The minimum atomic E-state index is -0.0451. The van der Waals surface area contributed by atoms with Crippen LogP contribution in [0, 0.1) is 6.92 Å². The molecule has 0 unspecified atom stereocenters. The Morgan fingerprint density at radius 2 is 2.11 bits per heavy atom. The number of rotatable bonds is 5. The molecule has 28 heavy (non-hydrogen) atoms. The maximum absolute atomic E-state index is 12.3. The molecule has 0 radical (unpaired) electrons. The van der Waals surface area contributed by atoms with Crippen LogP contribution in [-0.2, 0) is 4.79 Å². The van der Waals surface area contributed by atoms with E-state index in [-0.39, 0.29) is 11.8 Å². The van der Waals surface area contributed by atoms with Gasteiger partial charge in [-0.15, -0.1) is 10.2 Å². The van der Waals surface area contributed by atoms with Crippen LogP contribution in [0.1, 0.15) is 30.2 Å². The monoisotopic (exact) mass is 400 g/mol. The van der Waals surface area contributed by atoms with E-state index in [1.165, 1.54) is 0 Å². The number of aromatic nitrogens is 2. The van der Waals surface area contributed by atoms with E-state index < -0.39 is 0 Å². The minimum absolute atomic E-state index is 0.0451. The third-order valence-corrected chi connectivity index (χ3v) is 5.34. The zero-order chi connectivity index (χ0) is 19.5. The standard InChI is InChI=1S/C20H21ClN4O3/c1-13-4-5-15(11-16(13)21)22-18(26)12-25-8-6-14(7-9-25)19-23-24-20(28-19)17-3-2-10-27-17/h2-5,10-11,14H,6-9,12H2,1H3,(H,22,26). The number of carbonyl (C=O) groups is 1. The molecule has 1 fully saturated rings. The van der Waals surface area contributed by atoms with E-state index in [9.17, 15) is 4.79 Å². The van der Waals surface area contributed by atoms with Gasteiger partial charge in [0.15, 0.2) is 5.76 Å². The maximum Gasteiger partial charge on any atom is 0.283 e. The summed E-state index contributed by atoms with van der Waals surface area (Å²) in [6.45, 7) is 3.87. The van der Waals surface area contributed by atoms with E-state index in [0.717, 1.165) is 31.5 Å². The second kappa shape index (κ2) is 8.16. The van der Waals surface area contributed by atoms with E-state index in [0.29, 0.717) is 34.8 Å². The number of nitrogens with zero attached hydrogens (tertiary/aromatic N) is 3. The molecule has 0 saturated carbocycles. The summed E-state index contributed by atoms with van der Waals surface area (Å²) in [5.41, 5.74) is 1.70. The highest BCUT2D eigenvalue weighted by Gasteiger charge is 2.26. The van der Waals surface area contributed by atoms with Crippen molar-refractivity contribution in [2.75, 3.05) is 25.0 Å². The van der Waals surface area contributed by atoms with Gasteiger partial charge in [-0.3, -0.25) is 9.69 Å². The molecule has 7 nitrogen and oxygen atoms in total. The fraction of sp³-hybridized carbons (Fsp3) is 0.350. The molecule has 1 aliphatic rings. The number of hydrogen-bond donors (Lipinski definition) is 1. The number of piperidine rings is 1. The van der Waals surface area contributed by atoms with Crippen LogP contribution in [0.3, 0.4) is 0 Å². The Balaban J connectivity index is 1.28. The predicted molar refractivity (Wildman–Crippen MR) is 105 cm³/mol. The highest BCUT2D eigenvalue weighted by molar-refractivity contribution is 6.31. The maximum atomic E-state index is 12.3. The number of benzene rings is 1. The fourth-order valence-electron chi connectivity index (χ4n) is 3.31. The lowest BCUT2D eigenvalue weighted by Gasteiger charge is -2.29. The average Bonchev–Trinajstić information content (AvgIpc) is 3.37. The van der Waals surface area contributed by atoms with Gasteiger partial charge in [0.1, 0.15) is 0 Å². The molecule has 2 aromatic heterocycles. The van der Waals surface area contributed by atoms with Crippen molar-refractivity contribution in [1.29, 1.82) is 0 Å². The number of carbonyl (C=O) groups excluding carboxylic acids is 1. The van der Waals surface area contributed by atoms with Crippen LogP contribution in [0.5, 0.6) is 0 Å². The lowest BCUT2D eigenvalue weighted by molar-refractivity contribution is -0.117. The Hall–Kier alpha value is -2.64. The predicted octanol–water partition coefficient (Wildman–Crippen LogP) is 4.11. The summed E-state index contributed by atoms with van der Waals surface area (Å²) in [5, 5.41) is 11.8. The second-order valence-corrected chi connectivity index (χ2v) is 7.39. The van der Waals surface area contributed by atoms with Crippen molar-refractivity contribution in [2.24, 2.45) is 0 Å². The van der Waals surface area contributed by atoms with E-state index >= 15 is 0 Å². The smallest absolute Gasteiger partial charge is 0.283 e. The van der Waals surface area contributed by atoms with Gasteiger partial charge in [-0.25, -0.2) is 0 Å². The second-order valence-electron chi connectivity index (χ2n) is 6.99. The molecule has 3 heterocycles. The van der Waals surface area contributed by atoms with Crippen molar-refractivity contribution in [3.63, 3.8) is 0 Å². The van der Waals surface area contributed by atoms with Crippen molar-refractivity contribution in [2.45, 2.75) is 25.7 Å². The van der Waals surface area contributed by atoms with Crippen LogP contribution in [-0.4, -0.2) is 40.6 Å². The van der Waals surface area contributed by atoms with Crippen molar-refractivity contribution >= 4 is 23.2 Å². The molecule has 1 amide bonds. The van der Waals surface area contributed by atoms with Gasteiger partial charge in [-0.1, -0.05) is 17.7 Å². The Kier molecular flexibility index (Phi) is 5.45. The third-order valence-electron chi connectivity index (χ3n) is 4.93. The van der Waals surface area contributed by atoms with Gasteiger partial charge < -0.3 is 14.2 Å². The lowest BCUT2D eigenvalue weighted by Crippen LogP contribution is -2.38. The van der Waals surface area contributed by atoms with Crippen LogP contribution in [0.4, 0.5) is 5.69 Å². The number of amides is 1. The quantitative estimate of drug-likeness (QED) is 0.693. The number of furan rings is 1. The molecule has 1 aromatic carbocycles. The first kappa shape index (κ1) is 18.7. The Bertz CT molecular complexity index is 946. The first-order valence-electron chi connectivity index (χ1n) is 9.24. The van der Waals surface area contributed by atoms with Crippen LogP contribution in [0.25, 0.3) is 11.7 Å². The summed E-state index contributed by atoms with van der Waals surface area (Å²) in [6.07, 6.45) is 3.31. The molecule has 1 saturated heterocycles. The summed E-state index contributed by atoms with van der Waals surface area (Å²) in [6, 6.07) is 9.10. The number of likely N-dealkylation sites (tertiary alicyclic amines) is 1. The molecule has 0 atom stereocenters. The van der Waals surface area contributed by atoms with Gasteiger partial charge in [0.25, 0.3) is 5.89 Å². The van der Waals surface area contributed by atoms with Crippen molar-refractivity contribution in [3.05, 3.63) is 53.1 Å². The molecular formula is C20H21ClN4O3. The molecule has 8 heteroatoms. The van der Waals surface area contributed by atoms with E-state index in [2.05, 4.69) is 20.4 Å². The number of nitrogens with one attached hydrogen (secondary N) is 1. The van der Waals surface area contributed by atoms with Gasteiger partial charge >= 0.3 is 0 Å². The van der Waals surface area contributed by atoms with Crippen molar-refractivity contribution < 1.29 is 13.6 Å². The van der Waals surface area contributed by atoms with Crippen LogP contribution in [0.15, 0.2) is 45.4 Å². The zero-order valence-electron chi connectivity index (χ0n) is 15.5. The fourth-order valence-corrected chi connectivity index (χ4v) is 3.49. The van der Waals surface area contributed by atoms with Gasteiger partial charge in [0.05, 0.1) is 12.8 Å². The highest BCUT2D eigenvalue weighted by atomic mass is 35.5. The number of halogens is 1. The number of hydrogen-bond acceptors (Lipinski definition) is 6. The van der Waals surface area contributed by atoms with Gasteiger partial charge in [0.2, 0.25) is 11.8 Å². The highest BCUT2D eigenvalue weighted by Crippen LogP contribution is 2.29. The summed E-state index contributed by atoms with van der Waals surface area (Å²) in [5.74, 6) is 1.76. The number of aryl methyl sites for hydroxylation is 1. The first-order valence-corrected chi connectivity index (χ1v) is 9.62. The summed E-state index contributed by atoms with van der Waals surface area (Å²) >= 11 is 6.11. The molecule has 1 aliphatic heterocycles. The van der Waals surface area contributed by atoms with Gasteiger partial charge in [0, 0.05) is 16.6 Å². The molecule has 4 rings (SSSR count). The van der Waals surface area contributed by atoms with Gasteiger partial charge in [-0.2, -0.15) is 0 Å². The Labute approximate surface area is 167 Å². The summed E-state index contributed by atoms with van der Waals surface area (Å²) < 4.78 is 11.0. The third kappa shape index (κ3) is 4.26. The SMILES string of the molecule is Cc1ccc(NC(=O)CN2CCC(c3nnc(-c4ccco4)o3)CC2)cc1Cl. The van der Waals surface area contributed by atoms with Crippen LogP contribution in [0.2, 0.25) is 5.02 Å². The van der Waals surface area contributed by atoms with E-state index in [1.54, 1.807) is 24.5 Å². The van der Waals surface area contributed by atoms with Gasteiger partial charge in [-0.05, 0) is 62.7 Å². The molecule has 0 spiro atoms. The molecule has 0 aliphatic carbocycles. The molecule has 146 valence electrons. The first-order chi connectivity index (χ1) is 13.6. The van der Waals surface area contributed by atoms with Crippen molar-refractivity contribution in [3.8, 4) is 11.7 Å². The number of anilines is 1. The Morgan fingerprint density at radius 1 is 1.29 bits per heavy atom. The van der Waals surface area contributed by atoms with Crippen LogP contribution >= 0.6 is 11.6 Å². The van der Waals surface area contributed by atoms with E-state index in [1.807, 2.05) is 19.1 Å². The van der Waals surface area contributed by atoms with E-state index in [4.69, 9.17) is 20.4 Å². The summed E-state index contributed by atoms with van der Waals surface area (Å²) in [7, 11) is 0. The normalized spacial score (nSPS) is 15.6. The lowest BCUT2D eigenvalue weighted by atomic mass is 9.97. The van der Waals surface area contributed by atoms with Crippen molar-refractivity contribution in [1.82, 2.24) is 15.1 Å². The molecular weight excluding hydrogens is 380 g/mol. The average molecular weight is 401 g/mol. The largest absolute Gasteiger partial charge is 0.459 e. The summed E-state index contributed by atoms with van der Waals surface area (Å²) in [4.78, 5) is 14.4. The van der Waals surface area contributed by atoms with Crippen LogP contribution < -0.4 is 5.32 Å². The topological polar surface area (TPSA) is 84.4 Å². The molecule has 1 N–H and O–H groups in total. The zero-order valence-corrected chi connectivity index (χ0v) is 16.3. The molecule has 3 aromatic rings.